The maximum Gasteiger partial charge on any atom is 0.248 e. The lowest BCUT2D eigenvalue weighted by atomic mass is 10.1. The fourth-order valence-corrected chi connectivity index (χ4v) is 2.17. The number of benzene rings is 2. The van der Waals surface area contributed by atoms with E-state index in [1.807, 2.05) is 24.3 Å². The van der Waals surface area contributed by atoms with Crippen LogP contribution in [0, 0.1) is 0 Å². The first-order valence-electron chi connectivity index (χ1n) is 6.81. The Morgan fingerprint density at radius 2 is 1.80 bits per heavy atom. The topological polar surface area (TPSA) is 55.1 Å². The van der Waals surface area contributed by atoms with Gasteiger partial charge in [-0.15, -0.1) is 0 Å². The van der Waals surface area contributed by atoms with Crippen LogP contribution in [0.4, 0.5) is 0 Å². The smallest absolute Gasteiger partial charge is 0.248 e. The standard InChI is InChI=1S/C17H20N2O/c1-13(10-14-6-3-2-4-7-14)19-12-15-8-5-9-16(11-15)17(18)20/h2-9,11,13,19H,10,12H2,1H3,(H2,18,20). The summed E-state index contributed by atoms with van der Waals surface area (Å²) in [5.74, 6) is -0.385. The van der Waals surface area contributed by atoms with Crippen molar-refractivity contribution in [3.05, 3.63) is 71.3 Å². The van der Waals surface area contributed by atoms with Crippen molar-refractivity contribution in [2.45, 2.75) is 25.9 Å². The Labute approximate surface area is 119 Å². The van der Waals surface area contributed by atoms with E-state index in [2.05, 4.69) is 36.5 Å². The summed E-state index contributed by atoms with van der Waals surface area (Å²) in [7, 11) is 0. The van der Waals surface area contributed by atoms with Crippen LogP contribution in [0.5, 0.6) is 0 Å². The molecule has 0 saturated carbocycles. The zero-order valence-corrected chi connectivity index (χ0v) is 11.7. The molecule has 2 aromatic rings. The molecule has 0 heterocycles. The molecule has 0 bridgehead atoms. The molecule has 0 fully saturated rings. The molecule has 0 aliphatic carbocycles. The quantitative estimate of drug-likeness (QED) is 0.845. The molecule has 3 N–H and O–H groups in total. The zero-order chi connectivity index (χ0) is 14.4. The predicted octanol–water partition coefficient (Wildman–Crippen LogP) is 2.51. The minimum absolute atomic E-state index is 0.370. The first kappa shape index (κ1) is 14.3. The number of nitrogens with one attached hydrogen (secondary N) is 1. The maximum atomic E-state index is 11.1. The van der Waals surface area contributed by atoms with Crippen LogP contribution in [-0.4, -0.2) is 11.9 Å². The van der Waals surface area contributed by atoms with Crippen LogP contribution in [0.3, 0.4) is 0 Å². The maximum absolute atomic E-state index is 11.1. The third-order valence-electron chi connectivity index (χ3n) is 3.25. The van der Waals surface area contributed by atoms with Crippen molar-refractivity contribution in [1.29, 1.82) is 0 Å². The Morgan fingerprint density at radius 3 is 2.50 bits per heavy atom. The summed E-state index contributed by atoms with van der Waals surface area (Å²) >= 11 is 0. The molecular weight excluding hydrogens is 248 g/mol. The Morgan fingerprint density at radius 1 is 1.10 bits per heavy atom. The van der Waals surface area contributed by atoms with E-state index in [0.717, 1.165) is 18.5 Å². The number of hydrogen-bond donors (Lipinski definition) is 2. The van der Waals surface area contributed by atoms with Gasteiger partial charge in [0.05, 0.1) is 0 Å². The van der Waals surface area contributed by atoms with Crippen LogP contribution in [0.25, 0.3) is 0 Å². The number of nitrogens with two attached hydrogens (primary N) is 1. The van der Waals surface area contributed by atoms with E-state index >= 15 is 0 Å². The molecule has 0 saturated heterocycles. The Balaban J connectivity index is 1.88. The average molecular weight is 268 g/mol. The summed E-state index contributed by atoms with van der Waals surface area (Å²) in [5.41, 5.74) is 8.23. The Kier molecular flexibility index (Phi) is 4.91. The first-order chi connectivity index (χ1) is 9.65. The van der Waals surface area contributed by atoms with Crippen LogP contribution in [0.1, 0.15) is 28.4 Å². The highest BCUT2D eigenvalue weighted by molar-refractivity contribution is 5.92. The number of carbonyl (C=O) groups excluding carboxylic acids is 1. The summed E-state index contributed by atoms with van der Waals surface area (Å²) in [5, 5.41) is 3.46. The number of primary amides is 1. The van der Waals surface area contributed by atoms with Crippen molar-refractivity contribution in [2.75, 3.05) is 0 Å². The second-order valence-electron chi connectivity index (χ2n) is 5.04. The molecule has 2 rings (SSSR count). The predicted molar refractivity (Wildman–Crippen MR) is 81.4 cm³/mol. The zero-order valence-electron chi connectivity index (χ0n) is 11.7. The van der Waals surface area contributed by atoms with E-state index < -0.39 is 0 Å². The van der Waals surface area contributed by atoms with Crippen molar-refractivity contribution >= 4 is 5.91 Å². The number of carbonyl (C=O) groups is 1. The number of rotatable bonds is 6. The van der Waals surface area contributed by atoms with Gasteiger partial charge in [-0.05, 0) is 36.6 Å². The summed E-state index contributed by atoms with van der Waals surface area (Å²) < 4.78 is 0. The van der Waals surface area contributed by atoms with Crippen molar-refractivity contribution in [3.8, 4) is 0 Å². The van der Waals surface area contributed by atoms with E-state index in [1.54, 1.807) is 6.07 Å². The van der Waals surface area contributed by atoms with Crippen LogP contribution >= 0.6 is 0 Å². The molecule has 3 nitrogen and oxygen atoms in total. The highest BCUT2D eigenvalue weighted by Crippen LogP contribution is 2.07. The number of hydrogen-bond acceptors (Lipinski definition) is 2. The fraction of sp³-hybridized carbons (Fsp3) is 0.235. The minimum Gasteiger partial charge on any atom is -0.366 e. The lowest BCUT2D eigenvalue weighted by Crippen LogP contribution is -2.27. The molecule has 3 heteroatoms. The SMILES string of the molecule is CC(Cc1ccccc1)NCc1cccc(C(N)=O)c1. The van der Waals surface area contributed by atoms with Crippen LogP contribution in [0.2, 0.25) is 0 Å². The van der Waals surface area contributed by atoms with Gasteiger partial charge in [0.15, 0.2) is 0 Å². The largest absolute Gasteiger partial charge is 0.366 e. The van der Waals surface area contributed by atoms with E-state index in [4.69, 9.17) is 5.73 Å². The van der Waals surface area contributed by atoms with Crippen LogP contribution in [0.15, 0.2) is 54.6 Å². The molecule has 0 aliphatic rings. The second-order valence-corrected chi connectivity index (χ2v) is 5.04. The molecule has 20 heavy (non-hydrogen) atoms. The van der Waals surface area contributed by atoms with Crippen molar-refractivity contribution < 1.29 is 4.79 Å². The lowest BCUT2D eigenvalue weighted by Gasteiger charge is -2.14. The molecule has 0 aromatic heterocycles. The first-order valence-corrected chi connectivity index (χ1v) is 6.81. The monoisotopic (exact) mass is 268 g/mol. The number of amides is 1. The van der Waals surface area contributed by atoms with Crippen LogP contribution in [-0.2, 0) is 13.0 Å². The van der Waals surface area contributed by atoms with Gasteiger partial charge in [-0.1, -0.05) is 42.5 Å². The van der Waals surface area contributed by atoms with E-state index in [9.17, 15) is 4.79 Å². The molecule has 104 valence electrons. The van der Waals surface area contributed by atoms with Gasteiger partial charge in [0.2, 0.25) is 5.91 Å². The second kappa shape index (κ2) is 6.87. The van der Waals surface area contributed by atoms with Gasteiger partial charge in [0.1, 0.15) is 0 Å². The molecule has 0 aliphatic heterocycles. The van der Waals surface area contributed by atoms with Gasteiger partial charge in [-0.25, -0.2) is 0 Å². The highest BCUT2D eigenvalue weighted by atomic mass is 16.1. The third kappa shape index (κ3) is 4.21. The average Bonchev–Trinajstić information content (AvgIpc) is 2.46. The Hall–Kier alpha value is -2.13. The lowest BCUT2D eigenvalue weighted by molar-refractivity contribution is 0.1000. The fourth-order valence-electron chi connectivity index (χ4n) is 2.17. The molecule has 2 aromatic carbocycles. The van der Waals surface area contributed by atoms with Gasteiger partial charge in [-0.3, -0.25) is 4.79 Å². The minimum atomic E-state index is -0.385. The summed E-state index contributed by atoms with van der Waals surface area (Å²) in [6.07, 6.45) is 0.982. The van der Waals surface area contributed by atoms with Crippen molar-refractivity contribution in [2.24, 2.45) is 5.73 Å². The summed E-state index contributed by atoms with van der Waals surface area (Å²) in [4.78, 5) is 11.1. The van der Waals surface area contributed by atoms with Gasteiger partial charge >= 0.3 is 0 Å². The Bertz CT molecular complexity index is 566. The summed E-state index contributed by atoms with van der Waals surface area (Å²) in [6, 6.07) is 18.2. The van der Waals surface area contributed by atoms with Crippen LogP contribution < -0.4 is 11.1 Å². The van der Waals surface area contributed by atoms with Gasteiger partial charge < -0.3 is 11.1 Å². The van der Waals surface area contributed by atoms with Gasteiger partial charge in [0, 0.05) is 18.2 Å². The molecule has 1 atom stereocenters. The van der Waals surface area contributed by atoms with Gasteiger partial charge in [0.25, 0.3) is 0 Å². The normalized spacial score (nSPS) is 12.1. The highest BCUT2D eigenvalue weighted by Gasteiger charge is 2.05. The molecule has 1 unspecified atom stereocenters. The van der Waals surface area contributed by atoms with Crippen molar-refractivity contribution in [1.82, 2.24) is 5.32 Å². The van der Waals surface area contributed by atoms with E-state index in [1.165, 1.54) is 5.56 Å². The van der Waals surface area contributed by atoms with E-state index in [-0.39, 0.29) is 5.91 Å². The molecule has 1 amide bonds. The molecule has 0 radical (unpaired) electrons. The summed E-state index contributed by atoms with van der Waals surface area (Å²) in [6.45, 7) is 2.89. The molecular formula is C17H20N2O. The van der Waals surface area contributed by atoms with Gasteiger partial charge in [-0.2, -0.15) is 0 Å². The molecule has 0 spiro atoms. The third-order valence-corrected chi connectivity index (χ3v) is 3.25. The van der Waals surface area contributed by atoms with E-state index in [0.29, 0.717) is 11.6 Å². The van der Waals surface area contributed by atoms with Crippen molar-refractivity contribution in [3.63, 3.8) is 0 Å².